The maximum absolute atomic E-state index is 10.8. The largest absolute Gasteiger partial charge is 0.493 e. The van der Waals surface area contributed by atoms with Gasteiger partial charge in [-0.05, 0) is 24.6 Å². The fraction of sp³-hybridized carbons (Fsp3) is 0.357. The van der Waals surface area contributed by atoms with E-state index in [1.165, 1.54) is 0 Å². The normalized spacial score (nSPS) is 12.0. The molecule has 0 aliphatic carbocycles. The molecule has 0 unspecified atom stereocenters. The van der Waals surface area contributed by atoms with Crippen LogP contribution in [0, 0.1) is 0 Å². The van der Waals surface area contributed by atoms with Crippen molar-refractivity contribution in [3.8, 4) is 11.5 Å². The third kappa shape index (κ3) is 3.91. The molecular formula is C14H17N3O4S. The van der Waals surface area contributed by atoms with E-state index >= 15 is 0 Å². The SMILES string of the molecule is COc1ccc(Cc2nc(S[C@@H](C)C(=O)O)n[nH]2)cc1OC. The fourth-order valence-corrected chi connectivity index (χ4v) is 2.48. The third-order valence-corrected chi connectivity index (χ3v) is 3.91. The zero-order chi connectivity index (χ0) is 16.1. The number of carbonyl (C=O) groups is 1. The monoisotopic (exact) mass is 323 g/mol. The Balaban J connectivity index is 2.08. The molecule has 0 spiro atoms. The summed E-state index contributed by atoms with van der Waals surface area (Å²) in [5, 5.41) is 15.5. The second-order valence-corrected chi connectivity index (χ2v) is 5.84. The van der Waals surface area contributed by atoms with E-state index in [-0.39, 0.29) is 0 Å². The van der Waals surface area contributed by atoms with E-state index in [0.717, 1.165) is 17.3 Å². The predicted octanol–water partition coefficient (Wildman–Crippen LogP) is 1.98. The van der Waals surface area contributed by atoms with Gasteiger partial charge in [0, 0.05) is 6.42 Å². The first-order valence-corrected chi connectivity index (χ1v) is 7.43. The first-order chi connectivity index (χ1) is 10.5. The van der Waals surface area contributed by atoms with E-state index < -0.39 is 11.2 Å². The van der Waals surface area contributed by atoms with Crippen molar-refractivity contribution in [3.05, 3.63) is 29.6 Å². The summed E-state index contributed by atoms with van der Waals surface area (Å²) in [4.78, 5) is 15.1. The lowest BCUT2D eigenvalue weighted by molar-refractivity contribution is -0.136. The number of hydrogen-bond donors (Lipinski definition) is 2. The number of ether oxygens (including phenoxy) is 2. The Bertz CT molecular complexity index is 659. The van der Waals surface area contributed by atoms with Crippen LogP contribution in [0.5, 0.6) is 11.5 Å². The first kappa shape index (κ1) is 16.2. The molecule has 2 N–H and O–H groups in total. The number of carboxylic acids is 1. The molecule has 0 fully saturated rings. The van der Waals surface area contributed by atoms with Crippen LogP contribution in [0.25, 0.3) is 0 Å². The fourth-order valence-electron chi connectivity index (χ4n) is 1.80. The maximum Gasteiger partial charge on any atom is 0.316 e. The Kier molecular flexibility index (Phi) is 5.26. The second kappa shape index (κ2) is 7.17. The van der Waals surface area contributed by atoms with E-state index in [9.17, 15) is 4.79 Å². The number of nitrogens with zero attached hydrogens (tertiary/aromatic N) is 2. The number of rotatable bonds is 7. The Morgan fingerprint density at radius 3 is 2.73 bits per heavy atom. The molecule has 2 rings (SSSR count). The van der Waals surface area contributed by atoms with Crippen LogP contribution in [0.1, 0.15) is 18.3 Å². The van der Waals surface area contributed by atoms with Gasteiger partial charge in [-0.25, -0.2) is 4.98 Å². The minimum absolute atomic E-state index is 0.422. The Morgan fingerprint density at radius 1 is 1.36 bits per heavy atom. The highest BCUT2D eigenvalue weighted by Gasteiger charge is 2.16. The van der Waals surface area contributed by atoms with Gasteiger partial charge in [-0.1, -0.05) is 17.8 Å². The summed E-state index contributed by atoms with van der Waals surface area (Å²) in [6, 6.07) is 5.61. The lowest BCUT2D eigenvalue weighted by atomic mass is 10.1. The second-order valence-electron chi connectivity index (χ2n) is 4.53. The number of methoxy groups -OCH3 is 2. The minimum atomic E-state index is -0.892. The van der Waals surface area contributed by atoms with Gasteiger partial charge in [0.2, 0.25) is 5.16 Å². The Hall–Kier alpha value is -2.22. The van der Waals surface area contributed by atoms with Crippen LogP contribution in [0.15, 0.2) is 23.4 Å². The first-order valence-electron chi connectivity index (χ1n) is 6.55. The molecule has 1 heterocycles. The summed E-state index contributed by atoms with van der Waals surface area (Å²) in [6.07, 6.45) is 0.537. The number of H-pyrrole nitrogens is 1. The number of aliphatic carboxylic acids is 1. The van der Waals surface area contributed by atoms with E-state index in [1.54, 1.807) is 21.1 Å². The summed E-state index contributed by atoms with van der Waals surface area (Å²) < 4.78 is 10.5. The van der Waals surface area contributed by atoms with Gasteiger partial charge >= 0.3 is 5.97 Å². The van der Waals surface area contributed by atoms with Gasteiger partial charge in [-0.3, -0.25) is 9.89 Å². The van der Waals surface area contributed by atoms with Crippen molar-refractivity contribution in [1.82, 2.24) is 15.2 Å². The van der Waals surface area contributed by atoms with Crippen molar-refractivity contribution in [3.63, 3.8) is 0 Å². The van der Waals surface area contributed by atoms with E-state index in [0.29, 0.717) is 28.9 Å². The lowest BCUT2D eigenvalue weighted by Gasteiger charge is -2.08. The van der Waals surface area contributed by atoms with Crippen LogP contribution in [0.4, 0.5) is 0 Å². The van der Waals surface area contributed by atoms with E-state index in [4.69, 9.17) is 14.6 Å². The minimum Gasteiger partial charge on any atom is -0.493 e. The van der Waals surface area contributed by atoms with Crippen molar-refractivity contribution < 1.29 is 19.4 Å². The standard InChI is InChI=1S/C14H17N3O4S/c1-8(13(18)19)22-14-15-12(16-17-14)7-9-4-5-10(20-2)11(6-9)21-3/h4-6,8H,7H2,1-3H3,(H,18,19)(H,15,16,17)/t8-/m0/s1. The topological polar surface area (TPSA) is 97.3 Å². The van der Waals surface area contributed by atoms with Gasteiger partial charge in [0.05, 0.1) is 14.2 Å². The van der Waals surface area contributed by atoms with E-state index in [1.807, 2.05) is 18.2 Å². The van der Waals surface area contributed by atoms with Crippen molar-refractivity contribution in [2.24, 2.45) is 0 Å². The van der Waals surface area contributed by atoms with Gasteiger partial charge in [0.1, 0.15) is 11.1 Å². The molecule has 0 aliphatic rings. The molecule has 8 heteroatoms. The summed E-state index contributed by atoms with van der Waals surface area (Å²) in [6.45, 7) is 1.59. The van der Waals surface area contributed by atoms with Gasteiger partial charge < -0.3 is 14.6 Å². The van der Waals surface area contributed by atoms with Crippen molar-refractivity contribution in [2.45, 2.75) is 23.8 Å². The van der Waals surface area contributed by atoms with Crippen LogP contribution < -0.4 is 9.47 Å². The summed E-state index contributed by atoms with van der Waals surface area (Å²) in [7, 11) is 3.17. The molecule has 22 heavy (non-hydrogen) atoms. The average Bonchev–Trinajstić information content (AvgIpc) is 2.94. The third-order valence-electron chi connectivity index (χ3n) is 2.96. The molecule has 0 bridgehead atoms. The molecule has 0 radical (unpaired) electrons. The maximum atomic E-state index is 10.8. The highest BCUT2D eigenvalue weighted by atomic mass is 32.2. The number of hydrogen-bond acceptors (Lipinski definition) is 6. The molecule has 0 saturated carbocycles. The molecular weight excluding hydrogens is 306 g/mol. The van der Waals surface area contributed by atoms with Crippen LogP contribution >= 0.6 is 11.8 Å². The molecule has 0 aliphatic heterocycles. The summed E-state index contributed by atoms with van der Waals surface area (Å²) in [5.41, 5.74) is 0.983. The average molecular weight is 323 g/mol. The number of thioether (sulfide) groups is 1. The number of nitrogens with one attached hydrogen (secondary N) is 1. The molecule has 1 aromatic heterocycles. The molecule has 118 valence electrons. The summed E-state index contributed by atoms with van der Waals surface area (Å²) >= 11 is 1.10. The molecule has 2 aromatic rings. The van der Waals surface area contributed by atoms with Gasteiger partial charge in [0.25, 0.3) is 0 Å². The Morgan fingerprint density at radius 2 is 2.09 bits per heavy atom. The number of aromatic nitrogens is 3. The smallest absolute Gasteiger partial charge is 0.316 e. The van der Waals surface area contributed by atoms with Crippen molar-refractivity contribution in [2.75, 3.05) is 14.2 Å². The molecule has 7 nitrogen and oxygen atoms in total. The predicted molar refractivity (Wildman–Crippen MR) is 81.7 cm³/mol. The highest BCUT2D eigenvalue weighted by molar-refractivity contribution is 8.00. The van der Waals surface area contributed by atoms with Crippen LogP contribution in [0.3, 0.4) is 0 Å². The van der Waals surface area contributed by atoms with Gasteiger partial charge in [-0.2, -0.15) is 0 Å². The van der Waals surface area contributed by atoms with Gasteiger partial charge in [-0.15, -0.1) is 5.10 Å². The zero-order valence-corrected chi connectivity index (χ0v) is 13.3. The van der Waals surface area contributed by atoms with Crippen molar-refractivity contribution in [1.29, 1.82) is 0 Å². The number of aromatic amines is 1. The molecule has 0 saturated heterocycles. The van der Waals surface area contributed by atoms with Gasteiger partial charge in [0.15, 0.2) is 11.5 Å². The van der Waals surface area contributed by atoms with E-state index in [2.05, 4.69) is 15.2 Å². The quantitative estimate of drug-likeness (QED) is 0.752. The Labute approximate surface area is 132 Å². The van der Waals surface area contributed by atoms with Crippen LogP contribution in [-0.4, -0.2) is 45.7 Å². The molecule has 1 aromatic carbocycles. The van der Waals surface area contributed by atoms with Crippen LogP contribution in [0.2, 0.25) is 0 Å². The zero-order valence-electron chi connectivity index (χ0n) is 12.5. The summed E-state index contributed by atoms with van der Waals surface area (Å²) in [5.74, 6) is 1.08. The molecule has 0 amide bonds. The van der Waals surface area contributed by atoms with Crippen LogP contribution in [-0.2, 0) is 11.2 Å². The lowest BCUT2D eigenvalue weighted by Crippen LogP contribution is -2.11. The number of carboxylic acid groups (broad SMARTS) is 1. The molecule has 1 atom stereocenters. The van der Waals surface area contributed by atoms with Crippen molar-refractivity contribution >= 4 is 17.7 Å². The number of benzene rings is 1. The highest BCUT2D eigenvalue weighted by Crippen LogP contribution is 2.28.